The number of hydrogen-bond acceptors (Lipinski definition) is 1. The van der Waals surface area contributed by atoms with Gasteiger partial charge in [0.05, 0.1) is 5.56 Å². The molecule has 0 atom stereocenters. The molecule has 4 heteroatoms. The molecule has 0 saturated heterocycles. The Morgan fingerprint density at radius 1 is 0.900 bits per heavy atom. The fraction of sp³-hybridized carbons (Fsp3) is 0.250. The first kappa shape index (κ1) is 14.4. The van der Waals surface area contributed by atoms with Crippen LogP contribution in [0.2, 0.25) is 0 Å². The lowest BCUT2D eigenvalue weighted by Crippen LogP contribution is -2.05. The largest absolute Gasteiger partial charge is 0.488 e. The Morgan fingerprint density at radius 2 is 1.45 bits per heavy atom. The maximum absolute atomic E-state index is 12.4. The van der Waals surface area contributed by atoms with Crippen LogP contribution in [-0.2, 0) is 12.8 Å². The molecule has 2 rings (SSSR count). The molecule has 0 unspecified atom stereocenters. The quantitative estimate of drug-likeness (QED) is 0.777. The van der Waals surface area contributed by atoms with Crippen LogP contribution >= 0.6 is 0 Å². The van der Waals surface area contributed by atoms with Crippen LogP contribution in [0.4, 0.5) is 13.2 Å². The van der Waals surface area contributed by atoms with E-state index in [0.717, 1.165) is 29.0 Å². The van der Waals surface area contributed by atoms with Gasteiger partial charge in [-0.1, -0.05) is 30.3 Å². The van der Waals surface area contributed by atoms with Crippen molar-refractivity contribution in [3.63, 3.8) is 0 Å². The summed E-state index contributed by atoms with van der Waals surface area (Å²) in [4.78, 5) is 0. The predicted molar refractivity (Wildman–Crippen MR) is 71.7 cm³/mol. The van der Waals surface area contributed by atoms with E-state index in [1.54, 1.807) is 0 Å². The van der Waals surface area contributed by atoms with Crippen molar-refractivity contribution in [3.05, 3.63) is 64.7 Å². The van der Waals surface area contributed by atoms with E-state index in [9.17, 15) is 13.2 Å². The van der Waals surface area contributed by atoms with Gasteiger partial charge in [0, 0.05) is 0 Å². The number of rotatable bonds is 3. The Bertz CT molecular complexity index is 565. The zero-order valence-electron chi connectivity index (χ0n) is 11.3. The number of hydrogen-bond donors (Lipinski definition) is 0. The van der Waals surface area contributed by atoms with E-state index >= 15 is 0 Å². The molecule has 0 aliphatic carbocycles. The van der Waals surface area contributed by atoms with Crippen molar-refractivity contribution in [2.45, 2.75) is 26.6 Å². The van der Waals surface area contributed by atoms with Crippen molar-refractivity contribution in [2.24, 2.45) is 0 Å². The predicted octanol–water partition coefficient (Wildman–Crippen LogP) is 4.90. The number of ether oxygens (including phenoxy) is 1. The van der Waals surface area contributed by atoms with Crippen LogP contribution in [0.1, 0.15) is 22.3 Å². The molecule has 0 radical (unpaired) electrons. The second-order valence-electron chi connectivity index (χ2n) is 4.70. The molecule has 0 fully saturated rings. The summed E-state index contributed by atoms with van der Waals surface area (Å²) >= 11 is 0. The second-order valence-corrected chi connectivity index (χ2v) is 4.70. The van der Waals surface area contributed by atoms with Crippen molar-refractivity contribution < 1.29 is 17.9 Å². The van der Waals surface area contributed by atoms with Gasteiger partial charge in [-0.05, 0) is 42.7 Å². The average molecular weight is 280 g/mol. The lowest BCUT2D eigenvalue weighted by atomic mass is 10.1. The summed E-state index contributed by atoms with van der Waals surface area (Å²) in [5, 5.41) is 0. The number of benzene rings is 2. The molecule has 0 spiro atoms. The summed E-state index contributed by atoms with van der Waals surface area (Å²) in [6.07, 6.45) is -4.30. The molecule has 20 heavy (non-hydrogen) atoms. The molecular weight excluding hydrogens is 265 g/mol. The highest BCUT2D eigenvalue weighted by atomic mass is 19.4. The van der Waals surface area contributed by atoms with Gasteiger partial charge in [-0.15, -0.1) is 0 Å². The van der Waals surface area contributed by atoms with Crippen molar-refractivity contribution in [3.8, 4) is 5.75 Å². The van der Waals surface area contributed by atoms with Gasteiger partial charge in [0.2, 0.25) is 0 Å². The minimum atomic E-state index is -4.30. The van der Waals surface area contributed by atoms with Crippen LogP contribution < -0.4 is 4.74 Å². The van der Waals surface area contributed by atoms with E-state index in [0.29, 0.717) is 5.56 Å². The van der Waals surface area contributed by atoms with E-state index in [1.807, 2.05) is 32.0 Å². The van der Waals surface area contributed by atoms with E-state index < -0.39 is 11.7 Å². The Kier molecular flexibility index (Phi) is 4.02. The summed E-state index contributed by atoms with van der Waals surface area (Å²) in [6, 6.07) is 10.8. The fourth-order valence-electron chi connectivity index (χ4n) is 1.97. The molecule has 0 aromatic heterocycles. The Labute approximate surface area is 116 Å². The molecule has 2 aromatic rings. The molecule has 0 aliphatic heterocycles. The van der Waals surface area contributed by atoms with Gasteiger partial charge in [0.15, 0.2) is 0 Å². The van der Waals surface area contributed by atoms with Crippen LogP contribution in [0.3, 0.4) is 0 Å². The molecule has 106 valence electrons. The standard InChI is InChI=1S/C16H15F3O/c1-11-4-3-5-12(2)15(11)20-10-13-6-8-14(9-7-13)16(17,18)19/h3-9H,10H2,1-2H3. The van der Waals surface area contributed by atoms with Crippen molar-refractivity contribution in [1.82, 2.24) is 0 Å². The Balaban J connectivity index is 2.08. The zero-order valence-corrected chi connectivity index (χ0v) is 11.3. The molecule has 1 nitrogen and oxygen atoms in total. The SMILES string of the molecule is Cc1cccc(C)c1OCc1ccc(C(F)(F)F)cc1. The summed E-state index contributed by atoms with van der Waals surface area (Å²) in [7, 11) is 0. The maximum atomic E-state index is 12.4. The van der Waals surface area contributed by atoms with Gasteiger partial charge in [-0.2, -0.15) is 13.2 Å². The molecule has 0 aliphatic rings. The lowest BCUT2D eigenvalue weighted by molar-refractivity contribution is -0.137. The van der Waals surface area contributed by atoms with Crippen molar-refractivity contribution >= 4 is 0 Å². The molecule has 0 amide bonds. The maximum Gasteiger partial charge on any atom is 0.416 e. The zero-order chi connectivity index (χ0) is 14.8. The van der Waals surface area contributed by atoms with Gasteiger partial charge in [-0.25, -0.2) is 0 Å². The number of para-hydroxylation sites is 1. The van der Waals surface area contributed by atoms with Crippen LogP contribution in [0, 0.1) is 13.8 Å². The first-order valence-electron chi connectivity index (χ1n) is 6.23. The van der Waals surface area contributed by atoms with Gasteiger partial charge in [0.25, 0.3) is 0 Å². The summed E-state index contributed by atoms with van der Waals surface area (Å²) in [5.41, 5.74) is 2.09. The summed E-state index contributed by atoms with van der Waals surface area (Å²) < 4.78 is 43.0. The monoisotopic (exact) mass is 280 g/mol. The molecular formula is C16H15F3O. The minimum absolute atomic E-state index is 0.254. The molecule has 0 N–H and O–H groups in total. The lowest BCUT2D eigenvalue weighted by Gasteiger charge is -2.12. The van der Waals surface area contributed by atoms with E-state index in [-0.39, 0.29) is 6.61 Å². The fourth-order valence-corrected chi connectivity index (χ4v) is 1.97. The highest BCUT2D eigenvalue weighted by Crippen LogP contribution is 2.29. The van der Waals surface area contributed by atoms with Gasteiger partial charge in [0.1, 0.15) is 12.4 Å². The van der Waals surface area contributed by atoms with Crippen LogP contribution in [0.5, 0.6) is 5.75 Å². The number of halogens is 3. The van der Waals surface area contributed by atoms with Crippen LogP contribution in [0.15, 0.2) is 42.5 Å². The Morgan fingerprint density at radius 3 is 1.95 bits per heavy atom. The molecule has 0 heterocycles. The Hall–Kier alpha value is -1.97. The van der Waals surface area contributed by atoms with Crippen LogP contribution in [0.25, 0.3) is 0 Å². The topological polar surface area (TPSA) is 9.23 Å². The van der Waals surface area contributed by atoms with Crippen LogP contribution in [-0.4, -0.2) is 0 Å². The average Bonchev–Trinajstić information content (AvgIpc) is 2.37. The molecule has 0 bridgehead atoms. The first-order chi connectivity index (χ1) is 9.38. The van der Waals surface area contributed by atoms with Gasteiger partial charge < -0.3 is 4.74 Å². The van der Waals surface area contributed by atoms with Crippen molar-refractivity contribution in [1.29, 1.82) is 0 Å². The highest BCUT2D eigenvalue weighted by Gasteiger charge is 2.29. The van der Waals surface area contributed by atoms with E-state index in [2.05, 4.69) is 0 Å². The molecule has 2 aromatic carbocycles. The van der Waals surface area contributed by atoms with Gasteiger partial charge in [-0.3, -0.25) is 0 Å². The smallest absolute Gasteiger partial charge is 0.416 e. The highest BCUT2D eigenvalue weighted by molar-refractivity contribution is 5.40. The third-order valence-corrected chi connectivity index (χ3v) is 3.07. The first-order valence-corrected chi connectivity index (χ1v) is 6.23. The third kappa shape index (κ3) is 3.32. The summed E-state index contributed by atoms with van der Waals surface area (Å²) in [5.74, 6) is 0.785. The third-order valence-electron chi connectivity index (χ3n) is 3.07. The van der Waals surface area contributed by atoms with E-state index in [1.165, 1.54) is 12.1 Å². The molecule has 0 saturated carbocycles. The number of alkyl halides is 3. The van der Waals surface area contributed by atoms with Crippen molar-refractivity contribution in [2.75, 3.05) is 0 Å². The normalized spacial score (nSPS) is 11.4. The number of aryl methyl sites for hydroxylation is 2. The van der Waals surface area contributed by atoms with E-state index in [4.69, 9.17) is 4.74 Å². The second kappa shape index (κ2) is 5.57. The minimum Gasteiger partial charge on any atom is -0.488 e. The van der Waals surface area contributed by atoms with Gasteiger partial charge >= 0.3 is 6.18 Å². The summed E-state index contributed by atoms with van der Waals surface area (Å²) in [6.45, 7) is 4.13.